The molecule has 1 atom stereocenters. The van der Waals surface area contributed by atoms with Gasteiger partial charge in [0.1, 0.15) is 0 Å². The Morgan fingerprint density at radius 2 is 1.90 bits per heavy atom. The Balaban J connectivity index is 1.79. The maximum Gasteiger partial charge on any atom is 0.0373 e. The zero-order valence-electron chi connectivity index (χ0n) is 12.1. The fourth-order valence-corrected chi connectivity index (χ4v) is 3.38. The molecule has 2 aromatic rings. The fourth-order valence-electron chi connectivity index (χ4n) is 3.00. The molecule has 1 N–H and O–H groups in total. The molecule has 0 spiro atoms. The van der Waals surface area contributed by atoms with E-state index in [-0.39, 0.29) is 0 Å². The van der Waals surface area contributed by atoms with Crippen molar-refractivity contribution in [1.29, 1.82) is 0 Å². The van der Waals surface area contributed by atoms with Crippen molar-refractivity contribution in [1.82, 2.24) is 5.32 Å². The van der Waals surface area contributed by atoms with E-state index in [0.717, 1.165) is 17.6 Å². The summed E-state index contributed by atoms with van der Waals surface area (Å²) in [5, 5.41) is 6.24. The monoisotopic (exact) mass is 332 g/mol. The third-order valence-corrected chi connectivity index (χ3v) is 4.40. The summed E-state index contributed by atoms with van der Waals surface area (Å²) in [7, 11) is 0. The van der Waals surface area contributed by atoms with Crippen LogP contribution in [0.3, 0.4) is 0 Å². The molecule has 20 heavy (non-hydrogen) atoms. The van der Waals surface area contributed by atoms with Crippen molar-refractivity contribution in [2.45, 2.75) is 32.4 Å². The normalized spacial score (nSPS) is 19.2. The van der Waals surface area contributed by atoms with Crippen molar-refractivity contribution in [2.75, 3.05) is 18.0 Å². The van der Waals surface area contributed by atoms with Gasteiger partial charge in [0.2, 0.25) is 0 Å². The van der Waals surface area contributed by atoms with Gasteiger partial charge in [-0.15, -0.1) is 0 Å². The lowest BCUT2D eigenvalue weighted by molar-refractivity contribution is 0.492. The van der Waals surface area contributed by atoms with E-state index in [1.165, 1.54) is 22.9 Å². The molecule has 0 aliphatic carbocycles. The summed E-state index contributed by atoms with van der Waals surface area (Å²) < 4.78 is 1.14. The van der Waals surface area contributed by atoms with Gasteiger partial charge in [-0.1, -0.05) is 41.9 Å². The van der Waals surface area contributed by atoms with Crippen LogP contribution in [0.15, 0.2) is 40.9 Å². The van der Waals surface area contributed by atoms with Crippen molar-refractivity contribution >= 4 is 32.4 Å². The maximum atomic E-state index is 3.64. The van der Waals surface area contributed by atoms with Gasteiger partial charge in [-0.3, -0.25) is 0 Å². The number of halogens is 1. The predicted octanol–water partition coefficient (Wildman–Crippen LogP) is 4.18. The Morgan fingerprint density at radius 1 is 1.15 bits per heavy atom. The standard InChI is InChI=1S/C17H21BrN2/c1-12(2)19-16-7-8-20(11-16)17-6-4-13-9-15(18)5-3-14(13)10-17/h3-6,9-10,12,16,19H,7-8,11H2,1-2H3. The molecule has 0 aromatic heterocycles. The number of benzene rings is 2. The highest BCUT2D eigenvalue weighted by atomic mass is 79.9. The van der Waals surface area contributed by atoms with Crippen LogP contribution in [0.5, 0.6) is 0 Å². The van der Waals surface area contributed by atoms with Crippen LogP contribution in [0, 0.1) is 0 Å². The van der Waals surface area contributed by atoms with Crippen LogP contribution in [0.4, 0.5) is 5.69 Å². The smallest absolute Gasteiger partial charge is 0.0373 e. The summed E-state index contributed by atoms with van der Waals surface area (Å²) in [5.74, 6) is 0. The highest BCUT2D eigenvalue weighted by molar-refractivity contribution is 9.10. The lowest BCUT2D eigenvalue weighted by Crippen LogP contribution is -2.36. The molecular weight excluding hydrogens is 312 g/mol. The molecule has 0 radical (unpaired) electrons. The first kappa shape index (κ1) is 13.9. The molecule has 0 saturated carbocycles. The van der Waals surface area contributed by atoms with Crippen LogP contribution < -0.4 is 10.2 Å². The molecule has 1 aliphatic heterocycles. The van der Waals surface area contributed by atoms with Crippen LogP contribution in [0.1, 0.15) is 20.3 Å². The van der Waals surface area contributed by atoms with Crippen LogP contribution in [-0.4, -0.2) is 25.2 Å². The third-order valence-electron chi connectivity index (χ3n) is 3.91. The van der Waals surface area contributed by atoms with E-state index in [0.29, 0.717) is 12.1 Å². The summed E-state index contributed by atoms with van der Waals surface area (Å²) >= 11 is 3.53. The molecule has 0 amide bonds. The van der Waals surface area contributed by atoms with E-state index >= 15 is 0 Å². The molecule has 106 valence electrons. The molecule has 2 nitrogen and oxygen atoms in total. The number of anilines is 1. The van der Waals surface area contributed by atoms with E-state index in [2.05, 4.69) is 76.4 Å². The largest absolute Gasteiger partial charge is 0.370 e. The van der Waals surface area contributed by atoms with E-state index < -0.39 is 0 Å². The molecule has 0 bridgehead atoms. The fraction of sp³-hybridized carbons (Fsp3) is 0.412. The summed E-state index contributed by atoms with van der Waals surface area (Å²) in [6, 6.07) is 14.4. The van der Waals surface area contributed by atoms with Gasteiger partial charge in [-0.05, 0) is 41.5 Å². The van der Waals surface area contributed by atoms with Crippen molar-refractivity contribution < 1.29 is 0 Å². The second-order valence-corrected chi connectivity index (χ2v) is 6.84. The molecular formula is C17H21BrN2. The summed E-state index contributed by atoms with van der Waals surface area (Å²) in [5.41, 5.74) is 1.34. The van der Waals surface area contributed by atoms with Crippen LogP contribution in [0.25, 0.3) is 10.8 Å². The predicted molar refractivity (Wildman–Crippen MR) is 90.5 cm³/mol. The Kier molecular flexibility index (Phi) is 3.99. The van der Waals surface area contributed by atoms with E-state index in [1.54, 1.807) is 0 Å². The number of hydrogen-bond donors (Lipinski definition) is 1. The van der Waals surface area contributed by atoms with E-state index in [4.69, 9.17) is 0 Å². The van der Waals surface area contributed by atoms with Crippen LogP contribution in [0.2, 0.25) is 0 Å². The Labute approximate surface area is 129 Å². The Hall–Kier alpha value is -1.06. The number of hydrogen-bond acceptors (Lipinski definition) is 2. The molecule has 1 unspecified atom stereocenters. The van der Waals surface area contributed by atoms with Gasteiger partial charge in [0.25, 0.3) is 0 Å². The first-order valence-corrected chi connectivity index (χ1v) is 8.11. The average Bonchev–Trinajstić information content (AvgIpc) is 2.85. The Morgan fingerprint density at radius 3 is 2.70 bits per heavy atom. The van der Waals surface area contributed by atoms with Crippen LogP contribution >= 0.6 is 15.9 Å². The average molecular weight is 333 g/mol. The van der Waals surface area contributed by atoms with Crippen molar-refractivity contribution in [3.05, 3.63) is 40.9 Å². The van der Waals surface area contributed by atoms with Crippen molar-refractivity contribution in [3.63, 3.8) is 0 Å². The SMILES string of the molecule is CC(C)NC1CCN(c2ccc3cc(Br)ccc3c2)C1. The molecule has 3 heteroatoms. The van der Waals surface area contributed by atoms with Gasteiger partial charge in [0, 0.05) is 35.3 Å². The molecule has 1 saturated heterocycles. The minimum absolute atomic E-state index is 0.564. The number of nitrogens with zero attached hydrogens (tertiary/aromatic N) is 1. The van der Waals surface area contributed by atoms with E-state index in [1.807, 2.05) is 0 Å². The minimum atomic E-state index is 0.564. The van der Waals surface area contributed by atoms with Gasteiger partial charge in [0.15, 0.2) is 0 Å². The number of nitrogens with one attached hydrogen (secondary N) is 1. The van der Waals surface area contributed by atoms with Gasteiger partial charge in [-0.2, -0.15) is 0 Å². The first-order chi connectivity index (χ1) is 9.61. The zero-order valence-corrected chi connectivity index (χ0v) is 13.7. The second-order valence-electron chi connectivity index (χ2n) is 5.93. The summed E-state index contributed by atoms with van der Waals surface area (Å²) in [6.07, 6.45) is 1.23. The van der Waals surface area contributed by atoms with Crippen LogP contribution in [-0.2, 0) is 0 Å². The topological polar surface area (TPSA) is 15.3 Å². The van der Waals surface area contributed by atoms with Gasteiger partial charge >= 0.3 is 0 Å². The summed E-state index contributed by atoms with van der Waals surface area (Å²) in [6.45, 7) is 6.69. The highest BCUT2D eigenvalue weighted by Crippen LogP contribution is 2.27. The molecule has 1 heterocycles. The summed E-state index contributed by atoms with van der Waals surface area (Å²) in [4.78, 5) is 2.49. The lowest BCUT2D eigenvalue weighted by atomic mass is 10.1. The first-order valence-electron chi connectivity index (χ1n) is 7.32. The zero-order chi connectivity index (χ0) is 14.1. The highest BCUT2D eigenvalue weighted by Gasteiger charge is 2.22. The van der Waals surface area contributed by atoms with Gasteiger partial charge in [0.05, 0.1) is 0 Å². The molecule has 3 rings (SSSR count). The van der Waals surface area contributed by atoms with Gasteiger partial charge < -0.3 is 10.2 Å². The quantitative estimate of drug-likeness (QED) is 0.907. The third kappa shape index (κ3) is 2.99. The molecule has 1 fully saturated rings. The van der Waals surface area contributed by atoms with Crippen molar-refractivity contribution in [2.24, 2.45) is 0 Å². The second kappa shape index (κ2) is 5.74. The molecule has 2 aromatic carbocycles. The van der Waals surface area contributed by atoms with Gasteiger partial charge in [-0.25, -0.2) is 0 Å². The molecule has 1 aliphatic rings. The lowest BCUT2D eigenvalue weighted by Gasteiger charge is -2.20. The Bertz CT molecular complexity index is 609. The van der Waals surface area contributed by atoms with E-state index in [9.17, 15) is 0 Å². The number of fused-ring (bicyclic) bond motifs is 1. The minimum Gasteiger partial charge on any atom is -0.370 e. The maximum absolute atomic E-state index is 3.64. The number of rotatable bonds is 3. The van der Waals surface area contributed by atoms with Crippen molar-refractivity contribution in [3.8, 4) is 0 Å².